The first kappa shape index (κ1) is 17.7. The van der Waals surface area contributed by atoms with Crippen molar-refractivity contribution < 1.29 is 9.59 Å². The van der Waals surface area contributed by atoms with Crippen LogP contribution in [0.25, 0.3) is 0 Å². The predicted octanol–water partition coefficient (Wildman–Crippen LogP) is 2.70. The van der Waals surface area contributed by atoms with Gasteiger partial charge in [0, 0.05) is 31.9 Å². The van der Waals surface area contributed by atoms with Crippen LogP contribution in [0.15, 0.2) is 54.6 Å². The van der Waals surface area contributed by atoms with E-state index in [2.05, 4.69) is 21.9 Å². The van der Waals surface area contributed by atoms with Gasteiger partial charge >= 0.3 is 0 Å². The zero-order chi connectivity index (χ0) is 18.8. The fourth-order valence-electron chi connectivity index (χ4n) is 4.11. The number of nitrogens with zero attached hydrogens (tertiary/aromatic N) is 3. The minimum atomic E-state index is -0.333. The molecule has 0 spiro atoms. The van der Waals surface area contributed by atoms with Crippen LogP contribution < -0.4 is 9.80 Å². The second-order valence-electron chi connectivity index (χ2n) is 7.13. The number of amides is 2. The molecule has 0 N–H and O–H groups in total. The van der Waals surface area contributed by atoms with Crippen LogP contribution in [-0.2, 0) is 16.0 Å². The summed E-state index contributed by atoms with van der Waals surface area (Å²) in [5, 5.41) is 0. The van der Waals surface area contributed by atoms with Gasteiger partial charge in [-0.2, -0.15) is 0 Å². The van der Waals surface area contributed by atoms with E-state index in [4.69, 9.17) is 0 Å². The number of hydrogen-bond donors (Lipinski definition) is 0. The second-order valence-corrected chi connectivity index (χ2v) is 7.13. The molecule has 1 atom stereocenters. The fraction of sp³-hybridized carbons (Fsp3) is 0.364. The zero-order valence-corrected chi connectivity index (χ0v) is 15.7. The van der Waals surface area contributed by atoms with E-state index in [1.807, 2.05) is 49.4 Å². The first-order chi connectivity index (χ1) is 13.2. The number of hydrogen-bond acceptors (Lipinski definition) is 4. The maximum atomic E-state index is 13.1. The smallest absolute Gasteiger partial charge is 0.251 e. The first-order valence-electron chi connectivity index (χ1n) is 9.67. The third kappa shape index (κ3) is 3.35. The molecule has 0 saturated carbocycles. The van der Waals surface area contributed by atoms with Gasteiger partial charge in [0.2, 0.25) is 5.91 Å². The number of anilines is 2. The molecule has 0 aromatic heterocycles. The largest absolute Gasteiger partial charge is 0.369 e. The molecular weight excluding hydrogens is 338 g/mol. The molecule has 140 valence electrons. The van der Waals surface area contributed by atoms with Crippen molar-refractivity contribution in [3.8, 4) is 0 Å². The number of carbonyl (C=O) groups is 2. The highest BCUT2D eigenvalue weighted by Gasteiger charge is 2.43. The summed E-state index contributed by atoms with van der Waals surface area (Å²) in [4.78, 5) is 31.7. The third-order valence-corrected chi connectivity index (χ3v) is 5.61. The van der Waals surface area contributed by atoms with Gasteiger partial charge in [0.15, 0.2) is 0 Å². The highest BCUT2D eigenvalue weighted by atomic mass is 16.2. The number of imide groups is 1. The number of carbonyl (C=O) groups excluding carboxylic acids is 2. The molecule has 2 amide bonds. The highest BCUT2D eigenvalue weighted by Crippen LogP contribution is 2.29. The molecule has 2 aromatic carbocycles. The van der Waals surface area contributed by atoms with E-state index < -0.39 is 0 Å². The first-order valence-corrected chi connectivity index (χ1v) is 9.67. The highest BCUT2D eigenvalue weighted by molar-refractivity contribution is 6.22. The van der Waals surface area contributed by atoms with E-state index in [0.717, 1.165) is 43.9 Å². The Morgan fingerprint density at radius 2 is 1.56 bits per heavy atom. The van der Waals surface area contributed by atoms with Gasteiger partial charge in [-0.1, -0.05) is 43.3 Å². The molecule has 2 aliphatic heterocycles. The minimum absolute atomic E-state index is 0.0749. The average Bonchev–Trinajstić information content (AvgIpc) is 3.02. The quantitative estimate of drug-likeness (QED) is 0.784. The van der Waals surface area contributed by atoms with Crippen molar-refractivity contribution in [3.63, 3.8) is 0 Å². The number of rotatable bonds is 4. The predicted molar refractivity (Wildman–Crippen MR) is 107 cm³/mol. The molecule has 5 nitrogen and oxygen atoms in total. The lowest BCUT2D eigenvalue weighted by molar-refractivity contribution is -0.123. The van der Waals surface area contributed by atoms with E-state index in [9.17, 15) is 9.59 Å². The minimum Gasteiger partial charge on any atom is -0.369 e. The number of para-hydroxylation sites is 2. The molecule has 2 saturated heterocycles. The van der Waals surface area contributed by atoms with Crippen LogP contribution in [0.5, 0.6) is 0 Å². The molecule has 0 radical (unpaired) electrons. The Morgan fingerprint density at radius 3 is 2.26 bits per heavy atom. The number of piperazine rings is 1. The van der Waals surface area contributed by atoms with Gasteiger partial charge in [0.1, 0.15) is 0 Å². The van der Waals surface area contributed by atoms with Crippen molar-refractivity contribution >= 4 is 23.2 Å². The standard InChI is InChI=1S/C22H25N3O2/c1-2-17-8-6-7-11-19(17)25-21(26)16-20(22(25)27)24-14-12-23(13-15-24)18-9-4-3-5-10-18/h3-11,20H,2,12-16H2,1H3/t20-/m1/s1. The Kier molecular flexibility index (Phi) is 4.94. The lowest BCUT2D eigenvalue weighted by atomic mass is 10.1. The summed E-state index contributed by atoms with van der Waals surface area (Å²) < 4.78 is 0. The topological polar surface area (TPSA) is 43.9 Å². The van der Waals surface area contributed by atoms with Gasteiger partial charge in [0.05, 0.1) is 18.2 Å². The van der Waals surface area contributed by atoms with E-state index in [1.54, 1.807) is 0 Å². The number of aryl methyl sites for hydroxylation is 1. The van der Waals surface area contributed by atoms with Crippen molar-refractivity contribution in [2.75, 3.05) is 36.0 Å². The summed E-state index contributed by atoms with van der Waals surface area (Å²) in [7, 11) is 0. The van der Waals surface area contributed by atoms with Gasteiger partial charge in [-0.15, -0.1) is 0 Å². The molecule has 2 fully saturated rings. The van der Waals surface area contributed by atoms with E-state index in [1.165, 1.54) is 10.6 Å². The Hall–Kier alpha value is -2.66. The van der Waals surface area contributed by atoms with Crippen LogP contribution in [0.4, 0.5) is 11.4 Å². The van der Waals surface area contributed by atoms with Crippen LogP contribution >= 0.6 is 0 Å². The van der Waals surface area contributed by atoms with Crippen molar-refractivity contribution in [1.82, 2.24) is 4.90 Å². The lowest BCUT2D eigenvalue weighted by Gasteiger charge is -2.38. The number of benzene rings is 2. The normalized spacial score (nSPS) is 21.1. The van der Waals surface area contributed by atoms with Crippen molar-refractivity contribution in [3.05, 3.63) is 60.2 Å². The van der Waals surface area contributed by atoms with Gasteiger partial charge in [0.25, 0.3) is 5.91 Å². The third-order valence-electron chi connectivity index (χ3n) is 5.61. The molecule has 0 unspecified atom stereocenters. The van der Waals surface area contributed by atoms with Gasteiger partial charge in [-0.3, -0.25) is 14.5 Å². The summed E-state index contributed by atoms with van der Waals surface area (Å²) in [5.41, 5.74) is 3.00. The molecule has 0 aliphatic carbocycles. The van der Waals surface area contributed by atoms with Crippen LogP contribution in [-0.4, -0.2) is 48.9 Å². The molecule has 5 heteroatoms. The van der Waals surface area contributed by atoms with Gasteiger partial charge < -0.3 is 4.90 Å². The summed E-state index contributed by atoms with van der Waals surface area (Å²) in [6, 6.07) is 17.7. The van der Waals surface area contributed by atoms with Crippen LogP contribution in [0.2, 0.25) is 0 Å². The Labute approximate surface area is 160 Å². The van der Waals surface area contributed by atoms with Crippen molar-refractivity contribution in [2.24, 2.45) is 0 Å². The monoisotopic (exact) mass is 363 g/mol. The van der Waals surface area contributed by atoms with Gasteiger partial charge in [-0.25, -0.2) is 4.90 Å². The van der Waals surface area contributed by atoms with E-state index >= 15 is 0 Å². The fourth-order valence-corrected chi connectivity index (χ4v) is 4.11. The summed E-state index contributed by atoms with van der Waals surface area (Å²) in [6.45, 7) is 5.37. The van der Waals surface area contributed by atoms with Gasteiger partial charge in [-0.05, 0) is 30.2 Å². The molecular formula is C22H25N3O2. The zero-order valence-electron chi connectivity index (χ0n) is 15.7. The van der Waals surface area contributed by atoms with Crippen LogP contribution in [0.3, 0.4) is 0 Å². The summed E-state index contributed by atoms with van der Waals surface area (Å²) >= 11 is 0. The molecule has 4 rings (SSSR count). The Balaban J connectivity index is 1.47. The molecule has 0 bridgehead atoms. The maximum absolute atomic E-state index is 13.1. The second kappa shape index (κ2) is 7.53. The lowest BCUT2D eigenvalue weighted by Crippen LogP contribution is -2.52. The van der Waals surface area contributed by atoms with E-state index in [-0.39, 0.29) is 24.3 Å². The van der Waals surface area contributed by atoms with Crippen molar-refractivity contribution in [2.45, 2.75) is 25.8 Å². The van der Waals surface area contributed by atoms with Crippen molar-refractivity contribution in [1.29, 1.82) is 0 Å². The molecule has 2 heterocycles. The average molecular weight is 363 g/mol. The molecule has 2 aliphatic rings. The van der Waals surface area contributed by atoms with Crippen LogP contribution in [0, 0.1) is 0 Å². The maximum Gasteiger partial charge on any atom is 0.251 e. The van der Waals surface area contributed by atoms with E-state index in [0.29, 0.717) is 0 Å². The Morgan fingerprint density at radius 1 is 0.889 bits per heavy atom. The Bertz CT molecular complexity index is 828. The summed E-state index contributed by atoms with van der Waals surface area (Å²) in [5.74, 6) is -0.162. The summed E-state index contributed by atoms with van der Waals surface area (Å²) in [6.07, 6.45) is 1.08. The molecule has 27 heavy (non-hydrogen) atoms. The SMILES string of the molecule is CCc1ccccc1N1C(=O)C[C@@H](N2CCN(c3ccccc3)CC2)C1=O. The van der Waals surface area contributed by atoms with Crippen LogP contribution in [0.1, 0.15) is 18.9 Å². The molecule has 2 aromatic rings.